The summed E-state index contributed by atoms with van der Waals surface area (Å²) in [7, 11) is 0. The molecule has 4 fully saturated rings. The number of aliphatic hydroxyl groups is 1. The van der Waals surface area contributed by atoms with E-state index in [-0.39, 0.29) is 68.3 Å². The highest BCUT2D eigenvalue weighted by Gasteiger charge is 2.43. The number of aryl methyl sites for hydroxylation is 1. The van der Waals surface area contributed by atoms with Crippen molar-refractivity contribution >= 4 is 11.7 Å². The number of carbonyl (C=O) groups excluding carboxylic acids is 1. The summed E-state index contributed by atoms with van der Waals surface area (Å²) in [6.07, 6.45) is 8.09. The number of hydrogen-bond acceptors (Lipinski definition) is 9. The molecule has 4 aliphatic rings. The molecule has 2 bridgehead atoms. The molecule has 1 amide bonds. The van der Waals surface area contributed by atoms with Crippen molar-refractivity contribution in [2.24, 2.45) is 5.92 Å². The summed E-state index contributed by atoms with van der Waals surface area (Å²) in [6, 6.07) is 13.0. The fraction of sp³-hybridized carbons (Fsp3) is 0.658. The number of nitrogen functional groups attached to an aromatic ring is 1. The number of carbonyl (C=O) groups is 1. The molecule has 6 atom stereocenters. The van der Waals surface area contributed by atoms with Crippen LogP contribution in [0.25, 0.3) is 0 Å². The molecule has 52 heavy (non-hydrogen) atoms. The average Bonchev–Trinajstić information content (AvgIpc) is 3.82. The molecular formula is C38H54F2N8O4. The van der Waals surface area contributed by atoms with Crippen molar-refractivity contribution < 1.29 is 23.4 Å². The van der Waals surface area contributed by atoms with Gasteiger partial charge in [-0.25, -0.2) is 13.6 Å². The summed E-state index contributed by atoms with van der Waals surface area (Å²) in [4.78, 5) is 30.8. The minimum absolute atomic E-state index is 0.0202. The van der Waals surface area contributed by atoms with Gasteiger partial charge in [0.15, 0.2) is 0 Å². The van der Waals surface area contributed by atoms with Crippen molar-refractivity contribution in [1.82, 2.24) is 34.5 Å². The SMILES string of the molecule is Cc1nnc(C(C)C)n1C1C[C@H]2CC[C@@H](C1)N2CC[C@H](NC(=O)C1CCC(F)(F)CC1)c1ccccc1.Nc1ccn([C@H]2CC[C@@H](CO)O2)c(=O)n1. The maximum Gasteiger partial charge on any atom is 0.351 e. The first-order chi connectivity index (χ1) is 24.9. The Balaban J connectivity index is 0.000000258. The molecule has 0 spiro atoms. The third-order valence-electron chi connectivity index (χ3n) is 11.4. The number of nitrogens with two attached hydrogens (primary N) is 1. The van der Waals surface area contributed by atoms with Crippen LogP contribution in [0.15, 0.2) is 47.4 Å². The van der Waals surface area contributed by atoms with E-state index >= 15 is 0 Å². The smallest absolute Gasteiger partial charge is 0.351 e. The van der Waals surface area contributed by atoms with Crippen molar-refractivity contribution in [2.75, 3.05) is 18.9 Å². The lowest BCUT2D eigenvalue weighted by Gasteiger charge is -2.40. The van der Waals surface area contributed by atoms with Crippen LogP contribution in [0.2, 0.25) is 0 Å². The second-order valence-electron chi connectivity index (χ2n) is 15.3. The maximum absolute atomic E-state index is 13.6. The quantitative estimate of drug-likeness (QED) is 0.248. The first-order valence-corrected chi connectivity index (χ1v) is 18.9. The zero-order valence-corrected chi connectivity index (χ0v) is 30.5. The zero-order valence-electron chi connectivity index (χ0n) is 30.5. The number of aliphatic hydroxyl groups excluding tert-OH is 1. The molecule has 3 aromatic rings. The summed E-state index contributed by atoms with van der Waals surface area (Å²) in [5.74, 6) is -0.371. The molecule has 5 heterocycles. The van der Waals surface area contributed by atoms with E-state index in [0.29, 0.717) is 30.5 Å². The lowest BCUT2D eigenvalue weighted by atomic mass is 9.86. The molecule has 1 saturated carbocycles. The third kappa shape index (κ3) is 8.88. The number of piperidine rings is 1. The van der Waals surface area contributed by atoms with E-state index < -0.39 is 11.6 Å². The Kier molecular flexibility index (Phi) is 12.1. The second kappa shape index (κ2) is 16.5. The number of aromatic nitrogens is 5. The summed E-state index contributed by atoms with van der Waals surface area (Å²) in [5, 5.41) is 21.0. The molecule has 4 N–H and O–H groups in total. The molecular weight excluding hydrogens is 670 g/mol. The monoisotopic (exact) mass is 724 g/mol. The van der Waals surface area contributed by atoms with Crippen molar-refractivity contribution in [3.05, 3.63) is 70.3 Å². The van der Waals surface area contributed by atoms with Gasteiger partial charge in [-0.2, -0.15) is 4.98 Å². The Hall–Kier alpha value is -3.75. The summed E-state index contributed by atoms with van der Waals surface area (Å²) in [5.41, 5.74) is 6.04. The van der Waals surface area contributed by atoms with Crippen LogP contribution < -0.4 is 16.7 Å². The van der Waals surface area contributed by atoms with Crippen molar-refractivity contribution in [1.29, 1.82) is 0 Å². The molecule has 1 unspecified atom stereocenters. The second-order valence-corrected chi connectivity index (χ2v) is 15.3. The molecule has 0 radical (unpaired) electrons. The molecule has 3 saturated heterocycles. The van der Waals surface area contributed by atoms with Crippen LogP contribution in [0.1, 0.15) is 126 Å². The predicted octanol–water partition coefficient (Wildman–Crippen LogP) is 5.45. The molecule has 1 aromatic carbocycles. The number of hydrogen-bond donors (Lipinski definition) is 3. The van der Waals surface area contributed by atoms with Crippen LogP contribution in [0.3, 0.4) is 0 Å². The summed E-state index contributed by atoms with van der Waals surface area (Å²) < 4.78 is 36.5. The number of nitrogens with zero attached hydrogens (tertiary/aromatic N) is 6. The molecule has 3 aliphatic heterocycles. The van der Waals surface area contributed by atoms with E-state index in [1.807, 2.05) is 18.2 Å². The third-order valence-corrected chi connectivity index (χ3v) is 11.4. The van der Waals surface area contributed by atoms with Crippen molar-refractivity contribution in [2.45, 2.75) is 140 Å². The van der Waals surface area contributed by atoms with E-state index in [1.54, 1.807) is 12.3 Å². The van der Waals surface area contributed by atoms with Crippen LogP contribution in [0, 0.1) is 12.8 Å². The van der Waals surface area contributed by atoms with Crippen LogP contribution >= 0.6 is 0 Å². The molecule has 2 aromatic heterocycles. The van der Waals surface area contributed by atoms with E-state index in [0.717, 1.165) is 49.4 Å². The summed E-state index contributed by atoms with van der Waals surface area (Å²) in [6.45, 7) is 7.32. The predicted molar refractivity (Wildman–Crippen MR) is 193 cm³/mol. The van der Waals surface area contributed by atoms with Gasteiger partial charge in [-0.1, -0.05) is 44.2 Å². The molecule has 1 aliphatic carbocycles. The molecule has 284 valence electrons. The standard InChI is InChI=1S/C29H41F2N5O.C9H13N3O3/c1-19(2)27-34-33-20(3)36(27)25-17-23-9-10-24(18-25)35(23)16-13-26(21-7-5-4-6-8-21)32-28(37)22-11-14-29(30,31)15-12-22;10-7-3-4-12(9(14)11-7)8-2-1-6(5-13)15-8/h4-8,19,22-26H,9-18H2,1-3H3,(H,32,37);3-4,6,8,13H,1-2,5H2,(H2,10,11,14)/t23-,24+,25?,26-;6-,8+/m00/s1. The highest BCUT2D eigenvalue weighted by molar-refractivity contribution is 5.79. The Morgan fingerprint density at radius 1 is 1.02 bits per heavy atom. The van der Waals surface area contributed by atoms with Crippen molar-refractivity contribution in [3.63, 3.8) is 0 Å². The summed E-state index contributed by atoms with van der Waals surface area (Å²) >= 11 is 0. The number of nitrogens with one attached hydrogen (secondary N) is 1. The highest BCUT2D eigenvalue weighted by atomic mass is 19.3. The zero-order chi connectivity index (χ0) is 37.0. The number of halogens is 2. The fourth-order valence-electron chi connectivity index (χ4n) is 8.60. The van der Waals surface area contributed by atoms with Crippen LogP contribution in [0.5, 0.6) is 0 Å². The van der Waals surface area contributed by atoms with Crippen LogP contribution in [-0.2, 0) is 9.53 Å². The van der Waals surface area contributed by atoms with E-state index in [2.05, 4.69) is 62.9 Å². The molecule has 7 rings (SSSR count). The topological polar surface area (TPSA) is 153 Å². The fourth-order valence-corrected chi connectivity index (χ4v) is 8.60. The van der Waals surface area contributed by atoms with Gasteiger partial charge in [0, 0.05) is 55.5 Å². The Morgan fingerprint density at radius 3 is 2.33 bits per heavy atom. The largest absolute Gasteiger partial charge is 0.394 e. The van der Waals surface area contributed by atoms with Gasteiger partial charge in [-0.05, 0) is 76.3 Å². The van der Waals surface area contributed by atoms with E-state index in [4.69, 9.17) is 15.6 Å². The number of fused-ring (bicyclic) bond motifs is 2. The van der Waals surface area contributed by atoms with Crippen LogP contribution in [0.4, 0.5) is 14.6 Å². The minimum atomic E-state index is -2.62. The van der Waals surface area contributed by atoms with Gasteiger partial charge >= 0.3 is 5.69 Å². The molecule has 14 heteroatoms. The van der Waals surface area contributed by atoms with Gasteiger partial charge < -0.3 is 25.5 Å². The van der Waals surface area contributed by atoms with Gasteiger partial charge in [-0.3, -0.25) is 14.3 Å². The number of anilines is 1. The highest BCUT2D eigenvalue weighted by Crippen LogP contribution is 2.43. The first-order valence-electron chi connectivity index (χ1n) is 18.9. The van der Waals surface area contributed by atoms with Gasteiger partial charge in [0.2, 0.25) is 11.8 Å². The van der Waals surface area contributed by atoms with Gasteiger partial charge in [-0.15, -0.1) is 10.2 Å². The van der Waals surface area contributed by atoms with E-state index in [9.17, 15) is 18.4 Å². The number of rotatable bonds is 10. The Labute approximate surface area is 304 Å². The number of ether oxygens (including phenoxy) is 1. The lowest BCUT2D eigenvalue weighted by molar-refractivity contribution is -0.130. The average molecular weight is 725 g/mol. The van der Waals surface area contributed by atoms with Gasteiger partial charge in [0.05, 0.1) is 18.8 Å². The Bertz CT molecular complexity index is 1680. The van der Waals surface area contributed by atoms with Gasteiger partial charge in [0.25, 0.3) is 0 Å². The lowest BCUT2D eigenvalue weighted by Crippen LogP contribution is -2.45. The van der Waals surface area contributed by atoms with E-state index in [1.165, 1.54) is 17.4 Å². The van der Waals surface area contributed by atoms with Crippen molar-refractivity contribution in [3.8, 4) is 0 Å². The number of amides is 1. The maximum atomic E-state index is 13.6. The molecule has 12 nitrogen and oxygen atoms in total. The van der Waals surface area contributed by atoms with Gasteiger partial charge in [0.1, 0.15) is 23.7 Å². The van der Waals surface area contributed by atoms with Crippen LogP contribution in [-0.4, -0.2) is 77.5 Å². The first kappa shape index (κ1) is 38.0. The normalized spacial score (nSPS) is 26.6. The number of benzene rings is 1. The minimum Gasteiger partial charge on any atom is -0.394 e. The Morgan fingerprint density at radius 2 is 1.71 bits per heavy atom. The number of alkyl halides is 2.